The van der Waals surface area contributed by atoms with E-state index in [9.17, 15) is 9.90 Å². The first kappa shape index (κ1) is 97.8. The second-order valence-corrected chi connectivity index (χ2v) is 47.5. The Hall–Kier alpha value is -9.53. The predicted molar refractivity (Wildman–Crippen MR) is 491 cm³/mol. The van der Waals surface area contributed by atoms with Gasteiger partial charge in [0.1, 0.15) is 17.8 Å². The summed E-state index contributed by atoms with van der Waals surface area (Å²) in [5.74, 6) is 9.43. The molecule has 0 spiro atoms. The van der Waals surface area contributed by atoms with Gasteiger partial charge in [-0.15, -0.1) is 0 Å². The van der Waals surface area contributed by atoms with Crippen LogP contribution in [0, 0.1) is 0 Å². The van der Waals surface area contributed by atoms with Gasteiger partial charge >= 0.3 is 224 Å². The number of benzene rings is 9. The maximum Gasteiger partial charge on any atom is 0.250 e. The molecule has 0 fully saturated rings. The molecule has 1 N–H and O–H groups in total. The summed E-state index contributed by atoms with van der Waals surface area (Å²) in [7, 11) is 0.876. The molecule has 0 aromatic heterocycles. The molecule has 0 aliphatic carbocycles. The van der Waals surface area contributed by atoms with E-state index in [4.69, 9.17) is 65.7 Å². The van der Waals surface area contributed by atoms with Gasteiger partial charge in [0.25, 0.3) is 16.6 Å². The standard InChI is InChI=1S/C31H34BrO3P.C27H40O5Si.C21H26O5.C14H22O3Si.2CH4/c1-4-33-29-22-25(23-30(34-5-2)31(29)35-6-3)24-36(32,26-16-10-7-11-17-26,27-18-12-8-13-19-27)28-20-14-9-15-21-28;1-10-29-24-18-21(19-25(30-11-2)26(24)31-12-3)14-13-20-15-16-22(28-7)23(17-20)32-33(8,9)27(4,5)6;1-5-24-19-13-16(14-20(25-6-2)21(19)26-7-3)9-8-15-10-11-18(23-4)17(22)12-15;1-14(2,3)18(5,6)17-13-9-11(10-15)7-8-12(13)16-4;;/h7-23H,4-6,24H2,1-3H3;13-19H,10-12H2,1-9H3;8-14,22H,5-7H2,1-4H3;7-10H,1-6H3;2*1H4/b;14-13-;9-8-;;;. The predicted octanol–water partition coefficient (Wildman–Crippen LogP) is 24.6. The van der Waals surface area contributed by atoms with E-state index < -0.39 is 21.9 Å². The molecule has 0 aliphatic rings. The molecular formula is C95H130BrO16PSi2. The number of phenols is 1. The van der Waals surface area contributed by atoms with Crippen molar-refractivity contribution in [3.05, 3.63) is 215 Å². The minimum Gasteiger partial charge on any atom is -0.541 e. The van der Waals surface area contributed by atoms with E-state index in [0.29, 0.717) is 134 Å². The maximum absolute atomic E-state index is 10.8. The number of aldehydes is 1. The molecule has 0 saturated heterocycles. The van der Waals surface area contributed by atoms with E-state index >= 15 is 0 Å². The van der Waals surface area contributed by atoms with Gasteiger partial charge in [-0.1, -0.05) is 92.8 Å². The Morgan fingerprint density at radius 3 is 0.878 bits per heavy atom. The average Bonchev–Trinajstić information content (AvgIpc) is 0.701. The first-order chi connectivity index (χ1) is 53.9. The molecule has 0 amide bonds. The van der Waals surface area contributed by atoms with Crippen molar-refractivity contribution < 1.29 is 75.6 Å². The van der Waals surface area contributed by atoms with Crippen molar-refractivity contribution in [2.45, 2.75) is 161 Å². The normalized spacial score (nSPS) is 11.7. The summed E-state index contributed by atoms with van der Waals surface area (Å²) in [6, 6.07) is 61.0. The molecule has 9 aromatic rings. The SMILES string of the molecule is C.C.CCOc1cc(/C=C\c2ccc(OC)c(O)c2)cc(OCC)c1OCC.CCOc1cc(/C=C\c2ccc(OC)c(O[Si](C)(C)C(C)(C)C)c2)cc(OCC)c1OCC.CCOc1cc(CP(Br)(c2ccccc2)(c2ccccc2)c2ccccc2)cc(OCC)c1OCC.COc1ccc(C=O)cc1O[Si](C)(C)C(C)(C)C. The molecule has 16 nitrogen and oxygen atoms in total. The van der Waals surface area contributed by atoms with Crippen LogP contribution in [0.2, 0.25) is 36.3 Å². The molecule has 9 aromatic carbocycles. The maximum atomic E-state index is 10.8. The zero-order chi connectivity index (χ0) is 83.0. The van der Waals surface area contributed by atoms with Gasteiger partial charge in [-0.2, -0.15) is 0 Å². The van der Waals surface area contributed by atoms with Crippen molar-refractivity contribution in [1.29, 1.82) is 0 Å². The monoisotopic (exact) mass is 1690 g/mol. The summed E-state index contributed by atoms with van der Waals surface area (Å²) in [4.78, 5) is 10.8. The van der Waals surface area contributed by atoms with Crippen LogP contribution >= 0.6 is 20.8 Å². The molecule has 0 saturated carbocycles. The fourth-order valence-electron chi connectivity index (χ4n) is 11.6. The van der Waals surface area contributed by atoms with Crippen LogP contribution < -0.4 is 81.6 Å². The Balaban J connectivity index is 0.000000330. The number of carbonyl (C=O) groups excluding carboxylic acids is 1. The Labute approximate surface area is 698 Å². The van der Waals surface area contributed by atoms with Crippen LogP contribution in [-0.4, -0.2) is 109 Å². The number of rotatable bonds is 35. The minimum absolute atomic E-state index is 0. The molecule has 0 bridgehead atoms. The van der Waals surface area contributed by atoms with Crippen LogP contribution in [-0.2, 0) is 6.16 Å². The van der Waals surface area contributed by atoms with Crippen LogP contribution in [0.15, 0.2) is 182 Å². The fraction of sp³-hybridized carbons (Fsp3) is 0.379. The van der Waals surface area contributed by atoms with Crippen LogP contribution in [0.5, 0.6) is 86.2 Å². The van der Waals surface area contributed by atoms with Gasteiger partial charge in [0.2, 0.25) is 11.5 Å². The van der Waals surface area contributed by atoms with E-state index in [1.165, 1.54) is 23.0 Å². The Kier molecular flexibility index (Phi) is 39.4. The van der Waals surface area contributed by atoms with E-state index in [0.717, 1.165) is 51.8 Å². The quantitative estimate of drug-likeness (QED) is 0.0172. The molecule has 0 aliphatic heterocycles. The van der Waals surface area contributed by atoms with Crippen molar-refractivity contribution in [3.63, 3.8) is 0 Å². The number of hydrogen-bond donors (Lipinski definition) is 1. The molecule has 20 heteroatoms. The van der Waals surface area contributed by atoms with Crippen molar-refractivity contribution in [2.75, 3.05) is 80.8 Å². The summed E-state index contributed by atoms with van der Waals surface area (Å²) in [6.45, 7) is 44.5. The molecule has 626 valence electrons. The van der Waals surface area contributed by atoms with Crippen LogP contribution in [0.3, 0.4) is 0 Å². The van der Waals surface area contributed by atoms with Crippen molar-refractivity contribution >= 4 is 83.9 Å². The number of ether oxygens (including phenoxy) is 12. The van der Waals surface area contributed by atoms with Crippen LogP contribution in [0.1, 0.15) is 157 Å². The van der Waals surface area contributed by atoms with E-state index in [-0.39, 0.29) is 30.7 Å². The van der Waals surface area contributed by atoms with Gasteiger partial charge in [0.05, 0.1) is 61.0 Å². The molecule has 0 unspecified atom stereocenters. The van der Waals surface area contributed by atoms with Crippen molar-refractivity contribution in [1.82, 2.24) is 0 Å². The number of aromatic hydroxyl groups is 1. The number of halogens is 1. The van der Waals surface area contributed by atoms with Crippen molar-refractivity contribution in [2.24, 2.45) is 0 Å². The first-order valence-corrected chi connectivity index (χ1v) is 49.2. The average molecular weight is 1700 g/mol. The zero-order valence-corrected chi connectivity index (χ0v) is 75.2. The van der Waals surface area contributed by atoms with Gasteiger partial charge in [-0.25, -0.2) is 0 Å². The second kappa shape index (κ2) is 46.3. The minimum atomic E-state index is -3.15. The van der Waals surface area contributed by atoms with Gasteiger partial charge in [0, 0.05) is 5.56 Å². The largest absolute Gasteiger partial charge is 0.541 e. The summed E-state index contributed by atoms with van der Waals surface area (Å²) in [5, 5.41) is 10.8. The number of methoxy groups -OCH3 is 3. The van der Waals surface area contributed by atoms with Gasteiger partial charge < -0.3 is 56.6 Å². The van der Waals surface area contributed by atoms with Gasteiger partial charge in [0.15, 0.2) is 46.0 Å². The number of phenolic OH excluding ortho intramolecular Hbond substituents is 1. The van der Waals surface area contributed by atoms with Crippen LogP contribution in [0.25, 0.3) is 24.3 Å². The smallest absolute Gasteiger partial charge is 0.250 e. The molecular weight excluding hydrogens is 1560 g/mol. The number of hydrogen-bond acceptors (Lipinski definition) is 16. The van der Waals surface area contributed by atoms with Crippen molar-refractivity contribution in [3.8, 4) is 86.2 Å². The van der Waals surface area contributed by atoms with E-state index in [1.54, 1.807) is 44.6 Å². The summed E-state index contributed by atoms with van der Waals surface area (Å²) >= 11 is 4.55. The summed E-state index contributed by atoms with van der Waals surface area (Å²) in [5.41, 5.74) is 5.48. The summed E-state index contributed by atoms with van der Waals surface area (Å²) in [6.07, 6.45) is 9.49. The first-order valence-electron chi connectivity index (χ1n) is 38.9. The Morgan fingerprint density at radius 2 is 0.600 bits per heavy atom. The Bertz CT molecular complexity index is 4320. The molecule has 0 atom stereocenters. The molecule has 115 heavy (non-hydrogen) atoms. The molecule has 0 radical (unpaired) electrons. The topological polar surface area (TPSA) is 167 Å². The third-order valence-electron chi connectivity index (χ3n) is 19.2. The fourth-order valence-corrected chi connectivity index (χ4v) is 21.3. The van der Waals surface area contributed by atoms with E-state index in [2.05, 4.69) is 192 Å². The Morgan fingerprint density at radius 1 is 0.339 bits per heavy atom. The second-order valence-electron chi connectivity index (χ2n) is 29.1. The third kappa shape index (κ3) is 26.2. The number of carbonyl (C=O) groups is 1. The van der Waals surface area contributed by atoms with Gasteiger partial charge in [-0.3, -0.25) is 4.79 Å². The summed E-state index contributed by atoms with van der Waals surface area (Å²) < 4.78 is 81.4. The van der Waals surface area contributed by atoms with Gasteiger partial charge in [-0.05, 0) is 167 Å². The molecule has 0 heterocycles. The third-order valence-corrected chi connectivity index (χ3v) is 37.4. The molecule has 9 rings (SSSR count). The zero-order valence-electron chi connectivity index (χ0n) is 70.7. The van der Waals surface area contributed by atoms with Crippen LogP contribution in [0.4, 0.5) is 0 Å². The van der Waals surface area contributed by atoms with E-state index in [1.807, 2.05) is 129 Å².